The van der Waals surface area contributed by atoms with Crippen molar-refractivity contribution in [2.24, 2.45) is 0 Å². The molecule has 0 saturated heterocycles. The van der Waals surface area contributed by atoms with E-state index in [0.717, 1.165) is 5.69 Å². The number of carbonyl (C=O) groups excluding carboxylic acids is 1. The van der Waals surface area contributed by atoms with E-state index in [0.29, 0.717) is 36.6 Å². The Labute approximate surface area is 116 Å². The van der Waals surface area contributed by atoms with Gasteiger partial charge in [-0.25, -0.2) is 4.79 Å². The summed E-state index contributed by atoms with van der Waals surface area (Å²) in [6.07, 6.45) is 1.91. The second kappa shape index (κ2) is 6.55. The number of nitrogen functional groups attached to an aromatic ring is 1. The first-order valence-corrected chi connectivity index (χ1v) is 6.26. The van der Waals surface area contributed by atoms with Gasteiger partial charge in [0.15, 0.2) is 5.82 Å². The van der Waals surface area contributed by atoms with Crippen LogP contribution in [0, 0.1) is 0 Å². The van der Waals surface area contributed by atoms with E-state index in [1.807, 2.05) is 0 Å². The maximum absolute atomic E-state index is 11.6. The topological polar surface area (TPSA) is 103 Å². The summed E-state index contributed by atoms with van der Waals surface area (Å²) < 4.78 is 9.55. The third-order valence-electron chi connectivity index (χ3n) is 2.63. The van der Waals surface area contributed by atoms with Crippen molar-refractivity contribution in [1.82, 2.24) is 10.1 Å². The third kappa shape index (κ3) is 3.47. The van der Waals surface area contributed by atoms with Crippen LogP contribution in [0.2, 0.25) is 0 Å². The number of ether oxygens (including phenoxy) is 1. The second-order valence-corrected chi connectivity index (χ2v) is 4.05. The third-order valence-corrected chi connectivity index (χ3v) is 2.63. The number of nitrogens with two attached hydrogens (primary N) is 1. The SMILES string of the molecule is CCOC(=O)c1ccc(NCCc2ncon2)c(N)c1. The first-order chi connectivity index (χ1) is 9.70. The number of nitrogens with zero attached hydrogens (tertiary/aromatic N) is 2. The number of aromatic nitrogens is 2. The fourth-order valence-corrected chi connectivity index (χ4v) is 1.68. The minimum atomic E-state index is -0.377. The summed E-state index contributed by atoms with van der Waals surface area (Å²) in [5.74, 6) is 0.247. The highest BCUT2D eigenvalue weighted by atomic mass is 16.5. The monoisotopic (exact) mass is 276 g/mol. The Hall–Kier alpha value is -2.57. The van der Waals surface area contributed by atoms with Crippen molar-refractivity contribution in [1.29, 1.82) is 0 Å². The number of nitrogens with one attached hydrogen (secondary N) is 1. The quantitative estimate of drug-likeness (QED) is 0.608. The van der Waals surface area contributed by atoms with Gasteiger partial charge in [0, 0.05) is 13.0 Å². The molecule has 0 spiro atoms. The highest BCUT2D eigenvalue weighted by Gasteiger charge is 2.08. The number of benzene rings is 1. The van der Waals surface area contributed by atoms with Gasteiger partial charge in [-0.15, -0.1) is 0 Å². The molecule has 3 N–H and O–H groups in total. The van der Waals surface area contributed by atoms with Crippen LogP contribution in [0.5, 0.6) is 0 Å². The van der Waals surface area contributed by atoms with Gasteiger partial charge in [-0.1, -0.05) is 5.16 Å². The number of rotatable bonds is 6. The zero-order chi connectivity index (χ0) is 14.4. The highest BCUT2D eigenvalue weighted by molar-refractivity contribution is 5.91. The van der Waals surface area contributed by atoms with E-state index < -0.39 is 0 Å². The largest absolute Gasteiger partial charge is 0.462 e. The van der Waals surface area contributed by atoms with Gasteiger partial charge in [0.2, 0.25) is 6.39 Å². The second-order valence-electron chi connectivity index (χ2n) is 4.05. The molecule has 0 aliphatic heterocycles. The zero-order valence-corrected chi connectivity index (χ0v) is 11.1. The fourth-order valence-electron chi connectivity index (χ4n) is 1.68. The van der Waals surface area contributed by atoms with E-state index in [9.17, 15) is 4.79 Å². The Morgan fingerprint density at radius 2 is 2.35 bits per heavy atom. The van der Waals surface area contributed by atoms with Crippen LogP contribution in [-0.4, -0.2) is 29.3 Å². The molecule has 1 aromatic carbocycles. The summed E-state index contributed by atoms with van der Waals surface area (Å²) in [5.41, 5.74) is 7.57. The molecule has 0 fully saturated rings. The van der Waals surface area contributed by atoms with E-state index in [1.54, 1.807) is 25.1 Å². The molecule has 2 rings (SSSR count). The highest BCUT2D eigenvalue weighted by Crippen LogP contribution is 2.20. The lowest BCUT2D eigenvalue weighted by Crippen LogP contribution is -2.09. The van der Waals surface area contributed by atoms with E-state index in [1.165, 1.54) is 6.39 Å². The van der Waals surface area contributed by atoms with Gasteiger partial charge in [-0.05, 0) is 25.1 Å². The Kier molecular flexibility index (Phi) is 4.54. The summed E-state index contributed by atoms with van der Waals surface area (Å²) >= 11 is 0. The van der Waals surface area contributed by atoms with Gasteiger partial charge in [0.1, 0.15) is 0 Å². The van der Waals surface area contributed by atoms with Crippen LogP contribution in [0.25, 0.3) is 0 Å². The molecular formula is C13H16N4O3. The molecule has 2 aromatic rings. The van der Waals surface area contributed by atoms with E-state index in [-0.39, 0.29) is 5.97 Å². The molecule has 20 heavy (non-hydrogen) atoms. The van der Waals surface area contributed by atoms with Crippen molar-refractivity contribution < 1.29 is 14.1 Å². The Bertz CT molecular complexity index is 569. The molecule has 7 nitrogen and oxygen atoms in total. The fraction of sp³-hybridized carbons (Fsp3) is 0.308. The predicted molar refractivity (Wildman–Crippen MR) is 73.3 cm³/mol. The standard InChI is InChI=1S/C13H16N4O3/c1-2-19-13(18)9-3-4-11(10(14)7-9)15-6-5-12-16-8-20-17-12/h3-4,7-8,15H,2,5-6,14H2,1H3. The van der Waals surface area contributed by atoms with Crippen molar-refractivity contribution in [2.45, 2.75) is 13.3 Å². The van der Waals surface area contributed by atoms with Gasteiger partial charge in [0.05, 0.1) is 23.5 Å². The molecular weight excluding hydrogens is 260 g/mol. The average Bonchev–Trinajstić information content (AvgIpc) is 2.94. The normalized spacial score (nSPS) is 10.2. The molecule has 1 heterocycles. The Morgan fingerprint density at radius 1 is 1.50 bits per heavy atom. The van der Waals surface area contributed by atoms with Crippen molar-refractivity contribution >= 4 is 17.3 Å². The van der Waals surface area contributed by atoms with Crippen LogP contribution in [0.15, 0.2) is 29.1 Å². The Balaban J connectivity index is 1.93. The van der Waals surface area contributed by atoms with Gasteiger partial charge in [-0.3, -0.25) is 0 Å². The summed E-state index contributed by atoms with van der Waals surface area (Å²) in [4.78, 5) is 15.5. The summed E-state index contributed by atoms with van der Waals surface area (Å²) in [5, 5.41) is 6.86. The molecule has 7 heteroatoms. The van der Waals surface area contributed by atoms with Crippen LogP contribution >= 0.6 is 0 Å². The Morgan fingerprint density at radius 3 is 3.00 bits per heavy atom. The molecule has 1 aromatic heterocycles. The molecule has 0 amide bonds. The maximum Gasteiger partial charge on any atom is 0.338 e. The van der Waals surface area contributed by atoms with Crippen LogP contribution in [0.4, 0.5) is 11.4 Å². The van der Waals surface area contributed by atoms with E-state index >= 15 is 0 Å². The van der Waals surface area contributed by atoms with Crippen molar-refractivity contribution in [2.75, 3.05) is 24.2 Å². The van der Waals surface area contributed by atoms with Crippen LogP contribution in [0.3, 0.4) is 0 Å². The van der Waals surface area contributed by atoms with Crippen molar-refractivity contribution in [3.05, 3.63) is 36.0 Å². The molecule has 0 bridgehead atoms. The first-order valence-electron chi connectivity index (χ1n) is 6.26. The average molecular weight is 276 g/mol. The lowest BCUT2D eigenvalue weighted by atomic mass is 10.1. The summed E-state index contributed by atoms with van der Waals surface area (Å²) in [6, 6.07) is 5.01. The minimum absolute atomic E-state index is 0.337. The lowest BCUT2D eigenvalue weighted by molar-refractivity contribution is 0.0526. The maximum atomic E-state index is 11.6. The minimum Gasteiger partial charge on any atom is -0.462 e. The van der Waals surface area contributed by atoms with E-state index in [2.05, 4.69) is 20.0 Å². The van der Waals surface area contributed by atoms with Gasteiger partial charge >= 0.3 is 5.97 Å². The number of hydrogen-bond acceptors (Lipinski definition) is 7. The molecule has 0 saturated carbocycles. The van der Waals surface area contributed by atoms with Gasteiger partial charge in [-0.2, -0.15) is 4.98 Å². The molecule has 0 radical (unpaired) electrons. The van der Waals surface area contributed by atoms with Crippen molar-refractivity contribution in [3.63, 3.8) is 0 Å². The summed E-state index contributed by atoms with van der Waals surface area (Å²) in [6.45, 7) is 2.71. The number of anilines is 2. The number of esters is 1. The van der Waals surface area contributed by atoms with Crippen LogP contribution in [0.1, 0.15) is 23.1 Å². The van der Waals surface area contributed by atoms with Gasteiger partial charge in [0.25, 0.3) is 0 Å². The number of carbonyl (C=O) groups is 1. The molecule has 0 unspecified atom stereocenters. The van der Waals surface area contributed by atoms with Crippen LogP contribution in [-0.2, 0) is 11.2 Å². The zero-order valence-electron chi connectivity index (χ0n) is 11.1. The van der Waals surface area contributed by atoms with Crippen molar-refractivity contribution in [3.8, 4) is 0 Å². The van der Waals surface area contributed by atoms with Crippen LogP contribution < -0.4 is 11.1 Å². The smallest absolute Gasteiger partial charge is 0.338 e. The molecule has 0 aliphatic carbocycles. The lowest BCUT2D eigenvalue weighted by Gasteiger charge is -2.09. The molecule has 0 aliphatic rings. The predicted octanol–water partition coefficient (Wildman–Crippen LogP) is 1.48. The van der Waals surface area contributed by atoms with Gasteiger partial charge < -0.3 is 20.3 Å². The molecule has 0 atom stereocenters. The molecule has 106 valence electrons. The summed E-state index contributed by atoms with van der Waals surface area (Å²) in [7, 11) is 0. The van der Waals surface area contributed by atoms with E-state index in [4.69, 9.17) is 10.5 Å². The first kappa shape index (κ1) is 13.9. The number of hydrogen-bond donors (Lipinski definition) is 2.